The third-order valence-corrected chi connectivity index (χ3v) is 10.7. The smallest absolute Gasteiger partial charge is 0.284 e. The average molecular weight is 455 g/mol. The van der Waals surface area contributed by atoms with E-state index in [-0.39, 0.29) is 24.2 Å². The maximum absolute atomic E-state index is 13.1. The van der Waals surface area contributed by atoms with Crippen LogP contribution in [0.3, 0.4) is 0 Å². The Balaban J connectivity index is 1.66. The Morgan fingerprint density at radius 2 is 1.81 bits per heavy atom. The van der Waals surface area contributed by atoms with Crippen LogP contribution in [0.4, 0.5) is 0 Å². The van der Waals surface area contributed by atoms with Crippen LogP contribution in [0.25, 0.3) is 0 Å². The van der Waals surface area contributed by atoms with Crippen LogP contribution >= 0.6 is 0 Å². The van der Waals surface area contributed by atoms with Crippen LogP contribution in [0.15, 0.2) is 0 Å². The Kier molecular flexibility index (Phi) is 5.64. The molecule has 2 saturated carbocycles. The maximum atomic E-state index is 13.1. The summed E-state index contributed by atoms with van der Waals surface area (Å²) < 4.78 is 31.5. The summed E-state index contributed by atoms with van der Waals surface area (Å²) in [6.07, 6.45) is 3.42. The molecule has 4 aliphatic rings. The van der Waals surface area contributed by atoms with Gasteiger partial charge in [-0.1, -0.05) is 33.5 Å². The molecule has 31 heavy (non-hydrogen) atoms. The van der Waals surface area contributed by atoms with Gasteiger partial charge in [-0.2, -0.15) is 0 Å². The standard InChI is InChI=1S/C24H42O6Si/c1-20(2)24-19(28-16-27-13-14-31(6,7)8)15-21(3)17(9-10-18(21)25)22(24,4)11-12-23(26-5,29-20)30-24/h17,19H,9-16H2,1-8H3/t17-,19-,21-,22+,23-,24+/m0/s1. The van der Waals surface area contributed by atoms with Crippen LogP contribution in [-0.2, 0) is 28.5 Å². The SMILES string of the molecule is CO[C@]12CC[C@]3(C)[C@H]4CCC(=O)[C@@]4(C)C[C@H](OCOCC[Si](C)(C)C)[C@@]3(O1)C(C)(C)O2. The Bertz CT molecular complexity index is 734. The topological polar surface area (TPSA) is 63.2 Å². The first-order valence-corrected chi connectivity index (χ1v) is 15.6. The van der Waals surface area contributed by atoms with Gasteiger partial charge in [-0.15, -0.1) is 0 Å². The van der Waals surface area contributed by atoms with E-state index in [1.807, 2.05) is 0 Å². The third kappa shape index (κ3) is 3.33. The molecule has 0 N–H and O–H groups in total. The number of methoxy groups -OCH3 is 1. The van der Waals surface area contributed by atoms with Gasteiger partial charge in [0.15, 0.2) is 0 Å². The molecule has 6 nitrogen and oxygen atoms in total. The van der Waals surface area contributed by atoms with E-state index in [1.54, 1.807) is 7.11 Å². The lowest BCUT2D eigenvalue weighted by Gasteiger charge is -2.64. The summed E-state index contributed by atoms with van der Waals surface area (Å²) in [5, 5.41) is 0. The molecule has 2 aliphatic carbocycles. The van der Waals surface area contributed by atoms with E-state index in [2.05, 4.69) is 47.3 Å². The zero-order valence-corrected chi connectivity index (χ0v) is 21.8. The van der Waals surface area contributed by atoms with Crippen molar-refractivity contribution in [2.24, 2.45) is 16.7 Å². The summed E-state index contributed by atoms with van der Waals surface area (Å²) in [5.41, 5.74) is -1.97. The minimum absolute atomic E-state index is 0.210. The number of Topliss-reactive ketones (excluding diaryl/α,β-unsaturated/α-hetero) is 1. The normalized spacial score (nSPS) is 46.1. The van der Waals surface area contributed by atoms with Crippen LogP contribution in [0.1, 0.15) is 59.8 Å². The Morgan fingerprint density at radius 3 is 2.45 bits per heavy atom. The molecular formula is C24H42O6Si. The molecule has 0 aromatic heterocycles. The molecule has 1 spiro atoms. The molecule has 6 atom stereocenters. The summed E-state index contributed by atoms with van der Waals surface area (Å²) in [7, 11) is 0.487. The molecule has 0 radical (unpaired) electrons. The number of carbonyl (C=O) groups is 1. The Labute approximate surface area is 188 Å². The lowest BCUT2D eigenvalue weighted by molar-refractivity contribution is -0.392. The van der Waals surface area contributed by atoms with Crippen molar-refractivity contribution in [3.8, 4) is 0 Å². The highest BCUT2D eigenvalue weighted by molar-refractivity contribution is 6.76. The first-order valence-electron chi connectivity index (χ1n) is 11.9. The molecule has 2 aliphatic heterocycles. The molecular weight excluding hydrogens is 412 g/mol. The van der Waals surface area contributed by atoms with Gasteiger partial charge >= 0.3 is 0 Å². The molecule has 2 bridgehead atoms. The van der Waals surface area contributed by atoms with Crippen molar-refractivity contribution in [3.05, 3.63) is 0 Å². The molecule has 7 heteroatoms. The van der Waals surface area contributed by atoms with Gasteiger partial charge in [-0.3, -0.25) is 4.79 Å². The monoisotopic (exact) mass is 454 g/mol. The highest BCUT2D eigenvalue weighted by Crippen LogP contribution is 2.72. The number of ether oxygens (including phenoxy) is 5. The molecule has 0 amide bonds. The van der Waals surface area contributed by atoms with Gasteiger partial charge in [-0.25, -0.2) is 0 Å². The number of fused-ring (bicyclic) bond motifs is 3. The first-order chi connectivity index (χ1) is 14.3. The van der Waals surface area contributed by atoms with Gasteiger partial charge in [0.05, 0.1) is 6.10 Å². The third-order valence-electron chi connectivity index (χ3n) is 8.98. The van der Waals surface area contributed by atoms with Crippen molar-refractivity contribution in [2.45, 2.75) is 109 Å². The molecule has 178 valence electrons. The van der Waals surface area contributed by atoms with Crippen molar-refractivity contribution < 1.29 is 28.5 Å². The first kappa shape index (κ1) is 23.8. The van der Waals surface area contributed by atoms with Gasteiger partial charge in [0.25, 0.3) is 5.97 Å². The van der Waals surface area contributed by atoms with E-state index >= 15 is 0 Å². The molecule has 2 heterocycles. The Morgan fingerprint density at radius 1 is 1.10 bits per heavy atom. The average Bonchev–Trinajstić information content (AvgIpc) is 3.07. The van der Waals surface area contributed by atoms with Crippen molar-refractivity contribution in [2.75, 3.05) is 20.5 Å². The minimum atomic E-state index is -1.16. The fourth-order valence-electron chi connectivity index (χ4n) is 7.42. The van der Waals surface area contributed by atoms with E-state index in [1.165, 1.54) is 0 Å². The van der Waals surface area contributed by atoms with Crippen LogP contribution in [0.5, 0.6) is 0 Å². The fraction of sp³-hybridized carbons (Fsp3) is 0.958. The summed E-state index contributed by atoms with van der Waals surface area (Å²) in [5.74, 6) is -0.433. The fourth-order valence-corrected chi connectivity index (χ4v) is 8.18. The predicted octanol–water partition coefficient (Wildman–Crippen LogP) is 4.74. The van der Waals surface area contributed by atoms with E-state index < -0.39 is 30.7 Å². The summed E-state index contributed by atoms with van der Waals surface area (Å²) in [6.45, 7) is 16.6. The number of rotatable bonds is 7. The number of hydrogen-bond donors (Lipinski definition) is 0. The number of ketones is 1. The minimum Gasteiger partial charge on any atom is -0.356 e. The van der Waals surface area contributed by atoms with E-state index in [0.29, 0.717) is 31.7 Å². The second-order valence-electron chi connectivity index (χ2n) is 12.4. The molecule has 2 saturated heterocycles. The van der Waals surface area contributed by atoms with Crippen molar-refractivity contribution in [3.63, 3.8) is 0 Å². The van der Waals surface area contributed by atoms with Gasteiger partial charge in [0.1, 0.15) is 23.8 Å². The van der Waals surface area contributed by atoms with Crippen molar-refractivity contribution >= 4 is 13.9 Å². The highest BCUT2D eigenvalue weighted by Gasteiger charge is 2.81. The molecule has 0 unspecified atom stereocenters. The summed E-state index contributed by atoms with van der Waals surface area (Å²) in [6, 6.07) is 1.10. The molecule has 4 rings (SSSR count). The van der Waals surface area contributed by atoms with E-state index in [0.717, 1.165) is 18.9 Å². The molecule has 0 aromatic carbocycles. The quantitative estimate of drug-likeness (QED) is 0.315. The lowest BCUT2D eigenvalue weighted by Crippen LogP contribution is -2.74. The van der Waals surface area contributed by atoms with Gasteiger partial charge in [0, 0.05) is 45.5 Å². The van der Waals surface area contributed by atoms with Crippen LogP contribution in [-0.4, -0.2) is 57.6 Å². The zero-order valence-electron chi connectivity index (χ0n) is 20.8. The van der Waals surface area contributed by atoms with Crippen molar-refractivity contribution in [1.29, 1.82) is 0 Å². The summed E-state index contributed by atoms with van der Waals surface area (Å²) in [4.78, 5) is 13.1. The molecule has 0 aromatic rings. The zero-order chi connectivity index (χ0) is 22.9. The van der Waals surface area contributed by atoms with Crippen LogP contribution in [0, 0.1) is 16.7 Å². The van der Waals surface area contributed by atoms with E-state index in [4.69, 9.17) is 23.7 Å². The van der Waals surface area contributed by atoms with Gasteiger partial charge in [-0.05, 0) is 45.1 Å². The van der Waals surface area contributed by atoms with Gasteiger partial charge < -0.3 is 23.7 Å². The van der Waals surface area contributed by atoms with E-state index in [9.17, 15) is 4.79 Å². The lowest BCUT2D eigenvalue weighted by atomic mass is 9.45. The molecule has 4 fully saturated rings. The summed E-state index contributed by atoms with van der Waals surface area (Å²) >= 11 is 0. The number of carbonyl (C=O) groups excluding carboxylic acids is 1. The predicted molar refractivity (Wildman–Crippen MR) is 120 cm³/mol. The highest BCUT2D eigenvalue weighted by atomic mass is 28.3. The Hall–Kier alpha value is -0.313. The number of hydrogen-bond acceptors (Lipinski definition) is 6. The second kappa shape index (κ2) is 7.34. The second-order valence-corrected chi connectivity index (χ2v) is 18.0. The maximum Gasteiger partial charge on any atom is 0.284 e. The largest absolute Gasteiger partial charge is 0.356 e. The van der Waals surface area contributed by atoms with Crippen LogP contribution < -0.4 is 0 Å². The van der Waals surface area contributed by atoms with Crippen LogP contribution in [0.2, 0.25) is 25.7 Å². The van der Waals surface area contributed by atoms with Crippen molar-refractivity contribution in [1.82, 2.24) is 0 Å². The van der Waals surface area contributed by atoms with Gasteiger partial charge in [0.2, 0.25) is 0 Å².